The van der Waals surface area contributed by atoms with Crippen molar-refractivity contribution in [1.29, 1.82) is 5.26 Å². The third kappa shape index (κ3) is 4.64. The van der Waals surface area contributed by atoms with E-state index in [0.29, 0.717) is 17.9 Å². The number of rotatable bonds is 7. The molecule has 2 aromatic rings. The molecule has 0 saturated carbocycles. The van der Waals surface area contributed by atoms with Gasteiger partial charge in [0.15, 0.2) is 6.61 Å². The van der Waals surface area contributed by atoms with Gasteiger partial charge in [0.1, 0.15) is 17.6 Å². The maximum absolute atomic E-state index is 12.2. The van der Waals surface area contributed by atoms with Crippen LogP contribution in [0.15, 0.2) is 47.1 Å². The maximum Gasteiger partial charge on any atom is 0.258 e. The van der Waals surface area contributed by atoms with Crippen molar-refractivity contribution in [2.45, 2.75) is 25.3 Å². The molecular weight excluding hydrogens is 330 g/mol. The summed E-state index contributed by atoms with van der Waals surface area (Å²) in [6.07, 6.45) is 5.24. The summed E-state index contributed by atoms with van der Waals surface area (Å²) in [5.74, 6) is 1.07. The van der Waals surface area contributed by atoms with E-state index >= 15 is 0 Å². The summed E-state index contributed by atoms with van der Waals surface area (Å²) < 4.78 is 11.1. The molecule has 1 aliphatic rings. The number of carbonyl (C=O) groups excluding carboxylic acids is 1. The van der Waals surface area contributed by atoms with E-state index in [2.05, 4.69) is 16.3 Å². The van der Waals surface area contributed by atoms with Crippen molar-refractivity contribution in [3.8, 4) is 11.8 Å². The minimum atomic E-state index is -0.216. The Balaban J connectivity index is 1.55. The predicted octanol–water partition coefficient (Wildman–Crippen LogP) is 2.87. The van der Waals surface area contributed by atoms with Crippen LogP contribution in [0.5, 0.6) is 5.75 Å². The zero-order valence-corrected chi connectivity index (χ0v) is 14.7. The minimum absolute atomic E-state index is 0.0284. The van der Waals surface area contributed by atoms with Crippen LogP contribution in [0.1, 0.15) is 36.6 Å². The number of amides is 1. The highest BCUT2D eigenvalue weighted by molar-refractivity contribution is 5.77. The van der Waals surface area contributed by atoms with Crippen LogP contribution in [0.25, 0.3) is 0 Å². The Morgan fingerprint density at radius 1 is 1.23 bits per heavy atom. The summed E-state index contributed by atoms with van der Waals surface area (Å²) in [5.41, 5.74) is 0.419. The van der Waals surface area contributed by atoms with Crippen LogP contribution in [-0.2, 0) is 4.79 Å². The normalized spacial score (nSPS) is 15.8. The number of furan rings is 1. The molecule has 0 spiro atoms. The first-order chi connectivity index (χ1) is 12.8. The zero-order valence-electron chi connectivity index (χ0n) is 14.7. The molecule has 1 saturated heterocycles. The Morgan fingerprint density at radius 3 is 2.77 bits per heavy atom. The third-order valence-corrected chi connectivity index (χ3v) is 4.56. The quantitative estimate of drug-likeness (QED) is 0.828. The highest BCUT2D eigenvalue weighted by atomic mass is 16.5. The van der Waals surface area contributed by atoms with E-state index in [1.807, 2.05) is 12.1 Å². The van der Waals surface area contributed by atoms with Crippen LogP contribution < -0.4 is 10.1 Å². The van der Waals surface area contributed by atoms with Crippen LogP contribution in [0.2, 0.25) is 0 Å². The third-order valence-electron chi connectivity index (χ3n) is 4.56. The van der Waals surface area contributed by atoms with E-state index in [1.165, 1.54) is 19.3 Å². The number of nitriles is 1. The zero-order chi connectivity index (χ0) is 18.2. The van der Waals surface area contributed by atoms with E-state index in [-0.39, 0.29) is 18.6 Å². The Labute approximate surface area is 153 Å². The Hall–Kier alpha value is -2.78. The van der Waals surface area contributed by atoms with Gasteiger partial charge in [-0.25, -0.2) is 0 Å². The van der Waals surface area contributed by atoms with Gasteiger partial charge in [-0.3, -0.25) is 9.69 Å². The van der Waals surface area contributed by atoms with Crippen molar-refractivity contribution in [2.75, 3.05) is 26.2 Å². The van der Waals surface area contributed by atoms with Crippen LogP contribution in [0, 0.1) is 11.3 Å². The number of carbonyl (C=O) groups is 1. The average Bonchev–Trinajstić information content (AvgIpc) is 3.22. The van der Waals surface area contributed by atoms with Crippen LogP contribution >= 0.6 is 0 Å². The second-order valence-corrected chi connectivity index (χ2v) is 6.33. The van der Waals surface area contributed by atoms with Crippen LogP contribution in [0.4, 0.5) is 0 Å². The lowest BCUT2D eigenvalue weighted by Gasteiger charge is -2.33. The molecule has 1 aliphatic heterocycles. The first kappa shape index (κ1) is 18.0. The lowest BCUT2D eigenvalue weighted by atomic mass is 10.1. The van der Waals surface area contributed by atoms with Crippen molar-refractivity contribution in [2.24, 2.45) is 0 Å². The van der Waals surface area contributed by atoms with Gasteiger partial charge < -0.3 is 14.5 Å². The van der Waals surface area contributed by atoms with Crippen molar-refractivity contribution in [3.63, 3.8) is 0 Å². The number of hydrogen-bond donors (Lipinski definition) is 1. The smallest absolute Gasteiger partial charge is 0.258 e. The summed E-state index contributed by atoms with van der Waals surface area (Å²) in [5, 5.41) is 12.0. The summed E-state index contributed by atoms with van der Waals surface area (Å²) in [7, 11) is 0. The lowest BCUT2D eigenvalue weighted by molar-refractivity contribution is -0.123. The Bertz CT molecular complexity index is 746. The molecule has 0 aliphatic carbocycles. The number of ether oxygens (including phenoxy) is 1. The number of benzene rings is 1. The van der Waals surface area contributed by atoms with E-state index in [1.54, 1.807) is 30.5 Å². The van der Waals surface area contributed by atoms with E-state index in [4.69, 9.17) is 14.4 Å². The number of para-hydroxylation sites is 1. The first-order valence-corrected chi connectivity index (χ1v) is 8.94. The second-order valence-electron chi connectivity index (χ2n) is 6.33. The monoisotopic (exact) mass is 353 g/mol. The van der Waals surface area contributed by atoms with Crippen molar-refractivity contribution < 1.29 is 13.9 Å². The average molecular weight is 353 g/mol. The molecule has 1 aromatic heterocycles. The molecule has 1 aromatic carbocycles. The van der Waals surface area contributed by atoms with Crippen molar-refractivity contribution in [3.05, 3.63) is 54.0 Å². The van der Waals surface area contributed by atoms with Gasteiger partial charge >= 0.3 is 0 Å². The van der Waals surface area contributed by atoms with E-state index in [0.717, 1.165) is 18.8 Å². The van der Waals surface area contributed by atoms with Gasteiger partial charge in [-0.05, 0) is 50.2 Å². The fourth-order valence-electron chi connectivity index (χ4n) is 3.21. The van der Waals surface area contributed by atoms with Gasteiger partial charge in [-0.15, -0.1) is 0 Å². The van der Waals surface area contributed by atoms with E-state index < -0.39 is 0 Å². The highest BCUT2D eigenvalue weighted by Crippen LogP contribution is 2.24. The largest absolute Gasteiger partial charge is 0.482 e. The molecule has 6 heteroatoms. The molecule has 26 heavy (non-hydrogen) atoms. The summed E-state index contributed by atoms with van der Waals surface area (Å²) in [6, 6.07) is 12.8. The summed E-state index contributed by atoms with van der Waals surface area (Å²) in [6.45, 7) is 2.36. The van der Waals surface area contributed by atoms with Crippen LogP contribution in [0.3, 0.4) is 0 Å². The van der Waals surface area contributed by atoms with Crippen molar-refractivity contribution in [1.82, 2.24) is 10.2 Å². The maximum atomic E-state index is 12.2. The molecule has 1 amide bonds. The fraction of sp³-hybridized carbons (Fsp3) is 0.400. The van der Waals surface area contributed by atoms with Crippen molar-refractivity contribution >= 4 is 5.91 Å². The molecule has 0 bridgehead atoms. The Kier molecular flexibility index (Phi) is 6.29. The molecule has 1 N–H and O–H groups in total. The fourth-order valence-corrected chi connectivity index (χ4v) is 3.21. The predicted molar refractivity (Wildman–Crippen MR) is 96.5 cm³/mol. The van der Waals surface area contributed by atoms with Crippen LogP contribution in [-0.4, -0.2) is 37.0 Å². The SMILES string of the molecule is N#Cc1ccccc1OCC(=O)NCC(c1ccco1)N1CCCCC1. The number of hydrogen-bond acceptors (Lipinski definition) is 5. The molecule has 0 radical (unpaired) electrons. The minimum Gasteiger partial charge on any atom is -0.482 e. The number of piperidine rings is 1. The number of likely N-dealkylation sites (tertiary alicyclic amines) is 1. The number of nitrogens with one attached hydrogen (secondary N) is 1. The summed E-state index contributed by atoms with van der Waals surface area (Å²) in [4.78, 5) is 14.6. The Morgan fingerprint density at radius 2 is 2.04 bits per heavy atom. The molecule has 1 atom stereocenters. The first-order valence-electron chi connectivity index (χ1n) is 8.94. The van der Waals surface area contributed by atoms with Gasteiger partial charge in [-0.1, -0.05) is 18.6 Å². The molecule has 136 valence electrons. The highest BCUT2D eigenvalue weighted by Gasteiger charge is 2.24. The molecular formula is C20H23N3O3. The van der Waals surface area contributed by atoms with Gasteiger partial charge in [0, 0.05) is 6.54 Å². The standard InChI is InChI=1S/C20H23N3O3/c21-13-16-7-2-3-8-18(16)26-15-20(24)22-14-17(19-9-6-12-25-19)23-10-4-1-5-11-23/h2-3,6-9,12,17H,1,4-5,10-11,14-15H2,(H,22,24). The van der Waals surface area contributed by atoms with E-state index in [9.17, 15) is 4.79 Å². The topological polar surface area (TPSA) is 78.5 Å². The van der Waals surface area contributed by atoms with Gasteiger partial charge in [0.25, 0.3) is 5.91 Å². The van der Waals surface area contributed by atoms with Gasteiger partial charge in [0.2, 0.25) is 0 Å². The molecule has 1 fully saturated rings. The molecule has 1 unspecified atom stereocenters. The molecule has 3 rings (SSSR count). The summed E-state index contributed by atoms with van der Waals surface area (Å²) >= 11 is 0. The van der Waals surface area contributed by atoms with Gasteiger partial charge in [0.05, 0.1) is 17.9 Å². The lowest BCUT2D eigenvalue weighted by Crippen LogP contribution is -2.41. The van der Waals surface area contributed by atoms with Gasteiger partial charge in [-0.2, -0.15) is 5.26 Å². The number of nitrogens with zero attached hydrogens (tertiary/aromatic N) is 2. The molecule has 6 nitrogen and oxygen atoms in total. The molecule has 2 heterocycles. The second kappa shape index (κ2) is 9.07.